The number of hydrogen-bond acceptors (Lipinski definition) is 5. The van der Waals surface area contributed by atoms with Crippen molar-refractivity contribution in [1.29, 1.82) is 0 Å². The molecule has 0 unspecified atom stereocenters. The molecule has 0 saturated carbocycles. The summed E-state index contributed by atoms with van der Waals surface area (Å²) >= 11 is 4.93. The fourth-order valence-corrected chi connectivity index (χ4v) is 2.13. The molecule has 0 atom stereocenters. The van der Waals surface area contributed by atoms with Crippen molar-refractivity contribution in [3.63, 3.8) is 0 Å². The molecule has 0 aromatic heterocycles. The van der Waals surface area contributed by atoms with Crippen LogP contribution in [-0.4, -0.2) is 46.0 Å². The number of hydrogen-bond donors (Lipinski definition) is 3. The van der Waals surface area contributed by atoms with E-state index in [1.54, 1.807) is 7.11 Å². The van der Waals surface area contributed by atoms with Crippen molar-refractivity contribution in [2.45, 2.75) is 4.90 Å². The monoisotopic (exact) mass is 331 g/mol. The average molecular weight is 331 g/mol. The van der Waals surface area contributed by atoms with E-state index in [-0.39, 0.29) is 10.0 Å². The SMILES string of the molecule is COCCNC(=S)NNC(=O)c1ccc(S(C)(=O)=O)cc1. The predicted molar refractivity (Wildman–Crippen MR) is 82.6 cm³/mol. The Morgan fingerprint density at radius 1 is 1.24 bits per heavy atom. The molecule has 116 valence electrons. The number of carbonyl (C=O) groups is 1. The molecule has 0 spiro atoms. The second-order valence-electron chi connectivity index (χ2n) is 4.12. The van der Waals surface area contributed by atoms with Gasteiger partial charge in [-0.3, -0.25) is 15.6 Å². The molecule has 0 radical (unpaired) electrons. The van der Waals surface area contributed by atoms with Crippen LogP contribution < -0.4 is 16.2 Å². The first-order valence-electron chi connectivity index (χ1n) is 5.98. The van der Waals surface area contributed by atoms with Gasteiger partial charge < -0.3 is 10.1 Å². The molecule has 0 saturated heterocycles. The molecule has 0 aliphatic carbocycles. The Morgan fingerprint density at radius 3 is 2.38 bits per heavy atom. The van der Waals surface area contributed by atoms with Gasteiger partial charge in [-0.1, -0.05) is 0 Å². The molecule has 1 aromatic carbocycles. The molecule has 0 aliphatic rings. The number of benzene rings is 1. The Hall–Kier alpha value is -1.71. The van der Waals surface area contributed by atoms with Crippen LogP contribution in [0.2, 0.25) is 0 Å². The van der Waals surface area contributed by atoms with Crippen LogP contribution in [0.25, 0.3) is 0 Å². The number of carbonyl (C=O) groups excluding carboxylic acids is 1. The highest BCUT2D eigenvalue weighted by Gasteiger charge is 2.09. The smallest absolute Gasteiger partial charge is 0.269 e. The van der Waals surface area contributed by atoms with Crippen LogP contribution in [-0.2, 0) is 14.6 Å². The van der Waals surface area contributed by atoms with Gasteiger partial charge in [-0.2, -0.15) is 0 Å². The number of thiocarbonyl (C=S) groups is 1. The first-order valence-corrected chi connectivity index (χ1v) is 8.28. The zero-order chi connectivity index (χ0) is 15.9. The Bertz CT molecular complexity index is 599. The number of rotatable bonds is 5. The minimum absolute atomic E-state index is 0.156. The molecule has 21 heavy (non-hydrogen) atoms. The van der Waals surface area contributed by atoms with Crippen LogP contribution in [0.15, 0.2) is 29.2 Å². The number of sulfone groups is 1. The van der Waals surface area contributed by atoms with Crippen molar-refractivity contribution in [3.8, 4) is 0 Å². The van der Waals surface area contributed by atoms with Crippen LogP contribution >= 0.6 is 12.2 Å². The predicted octanol–water partition coefficient (Wildman–Crippen LogP) is -0.155. The van der Waals surface area contributed by atoms with Crippen molar-refractivity contribution in [2.24, 2.45) is 0 Å². The van der Waals surface area contributed by atoms with Gasteiger partial charge in [0.05, 0.1) is 11.5 Å². The third-order valence-electron chi connectivity index (χ3n) is 2.43. The first kappa shape index (κ1) is 17.3. The largest absolute Gasteiger partial charge is 0.383 e. The summed E-state index contributed by atoms with van der Waals surface area (Å²) in [6.07, 6.45) is 1.10. The molecule has 3 N–H and O–H groups in total. The van der Waals surface area contributed by atoms with Gasteiger partial charge in [0.2, 0.25) is 0 Å². The van der Waals surface area contributed by atoms with E-state index in [1.807, 2.05) is 0 Å². The summed E-state index contributed by atoms with van der Waals surface area (Å²) in [5.74, 6) is -0.425. The van der Waals surface area contributed by atoms with E-state index < -0.39 is 15.7 Å². The molecule has 1 amide bonds. The number of methoxy groups -OCH3 is 1. The van der Waals surface area contributed by atoms with E-state index in [0.29, 0.717) is 18.7 Å². The van der Waals surface area contributed by atoms with Crippen molar-refractivity contribution in [1.82, 2.24) is 16.2 Å². The fourth-order valence-electron chi connectivity index (χ4n) is 1.35. The van der Waals surface area contributed by atoms with Gasteiger partial charge in [-0.15, -0.1) is 0 Å². The second kappa shape index (κ2) is 7.91. The van der Waals surface area contributed by atoms with Crippen molar-refractivity contribution >= 4 is 33.1 Å². The van der Waals surface area contributed by atoms with Crippen LogP contribution in [0.3, 0.4) is 0 Å². The number of ether oxygens (including phenoxy) is 1. The fraction of sp³-hybridized carbons (Fsp3) is 0.333. The van der Waals surface area contributed by atoms with E-state index in [0.717, 1.165) is 6.26 Å². The standard InChI is InChI=1S/C12H17N3O4S2/c1-19-8-7-13-12(20)15-14-11(16)9-3-5-10(6-4-9)21(2,17)18/h3-6H,7-8H2,1-2H3,(H,14,16)(H2,13,15,20). The van der Waals surface area contributed by atoms with Crippen molar-refractivity contribution in [3.05, 3.63) is 29.8 Å². The Morgan fingerprint density at radius 2 is 1.86 bits per heavy atom. The van der Waals surface area contributed by atoms with Gasteiger partial charge in [0.1, 0.15) is 0 Å². The van der Waals surface area contributed by atoms with Gasteiger partial charge in [-0.25, -0.2) is 8.42 Å². The van der Waals surface area contributed by atoms with Crippen LogP contribution in [0.4, 0.5) is 0 Å². The van der Waals surface area contributed by atoms with Gasteiger partial charge in [0, 0.05) is 25.5 Å². The van der Waals surface area contributed by atoms with Crippen molar-refractivity contribution < 1.29 is 17.9 Å². The maximum atomic E-state index is 11.8. The summed E-state index contributed by atoms with van der Waals surface area (Å²) in [6.45, 7) is 1.00. The zero-order valence-electron chi connectivity index (χ0n) is 11.7. The molecule has 1 aromatic rings. The summed E-state index contributed by atoms with van der Waals surface area (Å²) < 4.78 is 27.5. The highest BCUT2D eigenvalue weighted by atomic mass is 32.2. The highest BCUT2D eigenvalue weighted by Crippen LogP contribution is 2.09. The van der Waals surface area contributed by atoms with Gasteiger partial charge in [0.25, 0.3) is 5.91 Å². The van der Waals surface area contributed by atoms with Gasteiger partial charge in [-0.05, 0) is 36.5 Å². The molecule has 1 rings (SSSR count). The minimum Gasteiger partial charge on any atom is -0.383 e. The van der Waals surface area contributed by atoms with Gasteiger partial charge >= 0.3 is 0 Å². The molecule has 9 heteroatoms. The number of nitrogens with one attached hydrogen (secondary N) is 3. The van der Waals surface area contributed by atoms with Crippen molar-refractivity contribution in [2.75, 3.05) is 26.5 Å². The number of hydrazine groups is 1. The van der Waals surface area contributed by atoms with E-state index >= 15 is 0 Å². The Kier molecular flexibility index (Phi) is 6.53. The highest BCUT2D eigenvalue weighted by molar-refractivity contribution is 7.90. The maximum absolute atomic E-state index is 11.8. The summed E-state index contributed by atoms with van der Waals surface area (Å²) in [7, 11) is -1.70. The molecule has 0 aliphatic heterocycles. The summed E-state index contributed by atoms with van der Waals surface area (Å²) in [6, 6.07) is 5.60. The van der Waals surface area contributed by atoms with E-state index in [2.05, 4.69) is 16.2 Å². The lowest BCUT2D eigenvalue weighted by molar-refractivity contribution is 0.0943. The van der Waals surface area contributed by atoms with Gasteiger partial charge in [0.15, 0.2) is 14.9 Å². The first-order chi connectivity index (χ1) is 9.84. The average Bonchev–Trinajstić information content (AvgIpc) is 2.44. The number of amides is 1. The van der Waals surface area contributed by atoms with Crippen LogP contribution in [0.1, 0.15) is 10.4 Å². The second-order valence-corrected chi connectivity index (χ2v) is 6.55. The lowest BCUT2D eigenvalue weighted by atomic mass is 10.2. The molecule has 0 heterocycles. The summed E-state index contributed by atoms with van der Waals surface area (Å²) in [5.41, 5.74) is 5.25. The third-order valence-corrected chi connectivity index (χ3v) is 3.80. The van der Waals surface area contributed by atoms with E-state index in [4.69, 9.17) is 17.0 Å². The van der Waals surface area contributed by atoms with E-state index in [1.165, 1.54) is 24.3 Å². The lowest BCUT2D eigenvalue weighted by Crippen LogP contribution is -2.47. The third kappa shape index (κ3) is 6.06. The van der Waals surface area contributed by atoms with Crippen LogP contribution in [0, 0.1) is 0 Å². The summed E-state index contributed by atoms with van der Waals surface area (Å²) in [4.78, 5) is 12.0. The minimum atomic E-state index is -3.27. The maximum Gasteiger partial charge on any atom is 0.269 e. The Labute approximate surface area is 129 Å². The van der Waals surface area contributed by atoms with Crippen LogP contribution in [0.5, 0.6) is 0 Å². The zero-order valence-corrected chi connectivity index (χ0v) is 13.3. The molecule has 0 bridgehead atoms. The quantitative estimate of drug-likeness (QED) is 0.392. The Balaban J connectivity index is 2.51. The molecular formula is C12H17N3O4S2. The lowest BCUT2D eigenvalue weighted by Gasteiger charge is -2.11. The van der Waals surface area contributed by atoms with E-state index in [9.17, 15) is 13.2 Å². The summed E-state index contributed by atoms with van der Waals surface area (Å²) in [5, 5.41) is 3.08. The molecule has 0 fully saturated rings. The normalized spacial score (nSPS) is 10.8. The molecular weight excluding hydrogens is 314 g/mol. The topological polar surface area (TPSA) is 96.5 Å². The molecule has 7 nitrogen and oxygen atoms in total.